The molecule has 7 nitrogen and oxygen atoms in total. The average molecular weight is 408 g/mol. The van der Waals surface area contributed by atoms with E-state index in [1.54, 1.807) is 0 Å². The topological polar surface area (TPSA) is 105 Å². The molecule has 0 spiro atoms. The summed E-state index contributed by atoms with van der Waals surface area (Å²) in [6.07, 6.45) is 0.631. The fraction of sp³-hybridized carbons (Fsp3) is 0.348. The lowest BCUT2D eigenvalue weighted by Gasteiger charge is -2.19. The van der Waals surface area contributed by atoms with Crippen molar-refractivity contribution in [1.82, 2.24) is 10.6 Å². The number of rotatable bonds is 7. The van der Waals surface area contributed by atoms with Crippen LogP contribution in [-0.2, 0) is 14.3 Å². The molecule has 2 aromatic carbocycles. The van der Waals surface area contributed by atoms with Crippen molar-refractivity contribution < 1.29 is 24.2 Å². The maximum absolute atomic E-state index is 12.3. The zero-order chi connectivity index (χ0) is 21.3. The van der Waals surface area contributed by atoms with Gasteiger partial charge in [-0.15, -0.1) is 0 Å². The lowest BCUT2D eigenvalue weighted by molar-refractivity contribution is -0.142. The van der Waals surface area contributed by atoms with E-state index in [4.69, 9.17) is 9.84 Å². The number of alkyl carbamates (subject to hydrolysis) is 1. The zero-order valence-electron chi connectivity index (χ0n) is 16.7. The quantitative estimate of drug-likeness (QED) is 0.653. The number of hydrogen-bond acceptors (Lipinski definition) is 4. The van der Waals surface area contributed by atoms with Gasteiger partial charge in [-0.3, -0.25) is 9.59 Å². The summed E-state index contributed by atoms with van der Waals surface area (Å²) >= 11 is 0. The third-order valence-electron chi connectivity index (χ3n) is 5.97. The fourth-order valence-corrected chi connectivity index (χ4v) is 3.94. The molecule has 0 heterocycles. The zero-order valence-corrected chi connectivity index (χ0v) is 16.7. The summed E-state index contributed by atoms with van der Waals surface area (Å²) < 4.78 is 5.49. The Kier molecular flexibility index (Phi) is 5.20. The van der Waals surface area contributed by atoms with Crippen molar-refractivity contribution in [3.05, 3.63) is 59.7 Å². The predicted molar refractivity (Wildman–Crippen MR) is 110 cm³/mol. The number of hydrogen-bond donors (Lipinski definition) is 3. The highest BCUT2D eigenvalue weighted by Gasteiger charge is 2.50. The van der Waals surface area contributed by atoms with Crippen molar-refractivity contribution in [2.24, 2.45) is 5.41 Å². The van der Waals surface area contributed by atoms with Gasteiger partial charge in [-0.1, -0.05) is 48.5 Å². The summed E-state index contributed by atoms with van der Waals surface area (Å²) in [6, 6.07) is 15.2. The SMILES string of the molecule is C[C@H](NC(=O)C1(CNC(=O)OCC2c3ccccc3-c3ccccc32)CC1)C(=O)O. The molecule has 0 unspecified atom stereocenters. The van der Waals surface area contributed by atoms with E-state index in [1.165, 1.54) is 6.92 Å². The lowest BCUT2D eigenvalue weighted by atomic mass is 9.98. The second-order valence-corrected chi connectivity index (χ2v) is 7.99. The Bertz CT molecular complexity index is 953. The number of carbonyl (C=O) groups is 3. The number of nitrogens with one attached hydrogen (secondary N) is 2. The normalized spacial score (nSPS) is 16.7. The van der Waals surface area contributed by atoms with Gasteiger partial charge in [0.1, 0.15) is 12.6 Å². The van der Waals surface area contributed by atoms with Crippen LogP contribution in [0.4, 0.5) is 4.79 Å². The predicted octanol–water partition coefficient (Wildman–Crippen LogP) is 2.89. The van der Waals surface area contributed by atoms with Gasteiger partial charge in [0.25, 0.3) is 0 Å². The van der Waals surface area contributed by atoms with Crippen LogP contribution in [0.2, 0.25) is 0 Å². The number of amides is 2. The molecule has 2 aliphatic carbocycles. The summed E-state index contributed by atoms with van der Waals surface area (Å²) in [5, 5.41) is 14.1. The van der Waals surface area contributed by atoms with Crippen molar-refractivity contribution >= 4 is 18.0 Å². The molecule has 2 aliphatic rings. The highest BCUT2D eigenvalue weighted by atomic mass is 16.5. The van der Waals surface area contributed by atoms with Crippen molar-refractivity contribution in [3.8, 4) is 11.1 Å². The van der Waals surface area contributed by atoms with Crippen molar-refractivity contribution in [2.75, 3.05) is 13.2 Å². The van der Waals surface area contributed by atoms with Gasteiger partial charge in [0.05, 0.1) is 5.41 Å². The Hall–Kier alpha value is -3.35. The summed E-state index contributed by atoms with van der Waals surface area (Å²) in [6.45, 7) is 1.74. The molecule has 0 aromatic heterocycles. The molecule has 156 valence electrons. The Morgan fingerprint density at radius 3 is 2.17 bits per heavy atom. The van der Waals surface area contributed by atoms with E-state index < -0.39 is 23.5 Å². The minimum Gasteiger partial charge on any atom is -0.480 e. The summed E-state index contributed by atoms with van der Waals surface area (Å²) in [5.74, 6) is -1.47. The molecule has 2 amide bonds. The average Bonchev–Trinajstić information content (AvgIpc) is 3.48. The van der Waals surface area contributed by atoms with E-state index in [-0.39, 0.29) is 25.0 Å². The second kappa shape index (κ2) is 7.82. The van der Waals surface area contributed by atoms with Gasteiger partial charge in [0, 0.05) is 12.5 Å². The van der Waals surface area contributed by atoms with Crippen LogP contribution in [0.5, 0.6) is 0 Å². The maximum Gasteiger partial charge on any atom is 0.407 e. The van der Waals surface area contributed by atoms with E-state index >= 15 is 0 Å². The molecular weight excluding hydrogens is 384 g/mol. The number of aliphatic carboxylic acids is 1. The van der Waals surface area contributed by atoms with Gasteiger partial charge < -0.3 is 20.5 Å². The molecule has 3 N–H and O–H groups in total. The molecule has 0 radical (unpaired) electrons. The van der Waals surface area contributed by atoms with E-state index in [2.05, 4.69) is 34.9 Å². The summed E-state index contributed by atoms with van der Waals surface area (Å²) in [5.41, 5.74) is 3.83. The third kappa shape index (κ3) is 3.75. The number of carboxylic acid groups (broad SMARTS) is 1. The van der Waals surface area contributed by atoms with Crippen LogP contribution in [0.25, 0.3) is 11.1 Å². The van der Waals surface area contributed by atoms with Crippen molar-refractivity contribution in [1.29, 1.82) is 0 Å². The highest BCUT2D eigenvalue weighted by molar-refractivity contribution is 5.89. The van der Waals surface area contributed by atoms with Crippen LogP contribution in [0.15, 0.2) is 48.5 Å². The minimum absolute atomic E-state index is 0.0299. The molecule has 7 heteroatoms. The Morgan fingerprint density at radius 2 is 1.63 bits per heavy atom. The second-order valence-electron chi connectivity index (χ2n) is 7.99. The first-order chi connectivity index (χ1) is 14.4. The van der Waals surface area contributed by atoms with Crippen LogP contribution in [0, 0.1) is 5.41 Å². The lowest BCUT2D eigenvalue weighted by Crippen LogP contribution is -2.46. The van der Waals surface area contributed by atoms with E-state index in [0.717, 1.165) is 22.3 Å². The molecule has 4 rings (SSSR count). The highest BCUT2D eigenvalue weighted by Crippen LogP contribution is 2.46. The minimum atomic E-state index is -1.09. The molecule has 1 atom stereocenters. The first kappa shape index (κ1) is 19.9. The molecule has 2 aromatic rings. The summed E-state index contributed by atoms with van der Waals surface area (Å²) in [7, 11) is 0. The molecule has 0 aliphatic heterocycles. The monoisotopic (exact) mass is 408 g/mol. The Balaban J connectivity index is 1.34. The molecule has 0 bridgehead atoms. The number of fused-ring (bicyclic) bond motifs is 3. The Morgan fingerprint density at radius 1 is 1.07 bits per heavy atom. The van der Waals surface area contributed by atoms with Gasteiger partial charge in [0.15, 0.2) is 0 Å². The third-order valence-corrected chi connectivity index (χ3v) is 5.97. The van der Waals surface area contributed by atoms with Crippen molar-refractivity contribution in [2.45, 2.75) is 31.7 Å². The van der Waals surface area contributed by atoms with E-state index in [9.17, 15) is 14.4 Å². The fourth-order valence-electron chi connectivity index (χ4n) is 3.94. The largest absolute Gasteiger partial charge is 0.480 e. The number of carboxylic acids is 1. The standard InChI is InChI=1S/C23H24N2O5/c1-14(20(26)27)25-21(28)23(10-11-23)13-24-22(29)30-12-19-17-8-4-2-6-15(17)16-7-3-5-9-18(16)19/h2-9,14,19H,10-13H2,1H3,(H,24,29)(H,25,28)(H,26,27)/t14-/m0/s1. The molecule has 0 saturated heterocycles. The van der Waals surface area contributed by atoms with Gasteiger partial charge >= 0.3 is 12.1 Å². The summed E-state index contributed by atoms with van der Waals surface area (Å²) in [4.78, 5) is 35.6. The van der Waals surface area contributed by atoms with Crippen LogP contribution >= 0.6 is 0 Å². The van der Waals surface area contributed by atoms with Crippen LogP contribution < -0.4 is 10.6 Å². The van der Waals surface area contributed by atoms with Crippen molar-refractivity contribution in [3.63, 3.8) is 0 Å². The first-order valence-corrected chi connectivity index (χ1v) is 10.0. The molecule has 30 heavy (non-hydrogen) atoms. The van der Waals surface area contributed by atoms with Gasteiger partial charge in [-0.25, -0.2) is 4.79 Å². The smallest absolute Gasteiger partial charge is 0.407 e. The van der Waals surface area contributed by atoms with Crippen LogP contribution in [0.3, 0.4) is 0 Å². The van der Waals surface area contributed by atoms with Gasteiger partial charge in [-0.2, -0.15) is 0 Å². The van der Waals surface area contributed by atoms with Crippen LogP contribution in [-0.4, -0.2) is 42.3 Å². The van der Waals surface area contributed by atoms with E-state index in [1.807, 2.05) is 24.3 Å². The molecule has 1 fully saturated rings. The first-order valence-electron chi connectivity index (χ1n) is 10.0. The van der Waals surface area contributed by atoms with Gasteiger partial charge in [0.2, 0.25) is 5.91 Å². The van der Waals surface area contributed by atoms with E-state index in [0.29, 0.717) is 12.8 Å². The molecular formula is C23H24N2O5. The number of benzene rings is 2. The maximum atomic E-state index is 12.3. The number of carbonyl (C=O) groups excluding carboxylic acids is 2. The Labute approximate surface area is 174 Å². The van der Waals surface area contributed by atoms with Crippen LogP contribution in [0.1, 0.15) is 36.8 Å². The molecule has 1 saturated carbocycles. The number of ether oxygens (including phenoxy) is 1. The van der Waals surface area contributed by atoms with Gasteiger partial charge in [-0.05, 0) is 42.0 Å².